The fourth-order valence-corrected chi connectivity index (χ4v) is 3.14. The number of rotatable bonds is 6. The van der Waals surface area contributed by atoms with Crippen LogP contribution in [0.25, 0.3) is 0 Å². The second-order valence-electron chi connectivity index (χ2n) is 7.28. The number of hydrogen-bond donors (Lipinski definition) is 2. The van der Waals surface area contributed by atoms with E-state index < -0.39 is 11.4 Å². The molecule has 8 nitrogen and oxygen atoms in total. The molecule has 2 heterocycles. The molecule has 154 valence electrons. The van der Waals surface area contributed by atoms with E-state index in [9.17, 15) is 18.8 Å². The van der Waals surface area contributed by atoms with Crippen LogP contribution in [0.1, 0.15) is 46.8 Å². The molecule has 3 rings (SSSR count). The van der Waals surface area contributed by atoms with Gasteiger partial charge in [-0.2, -0.15) is 5.10 Å². The van der Waals surface area contributed by atoms with Crippen LogP contribution in [0.3, 0.4) is 0 Å². The Bertz CT molecular complexity index is 940. The Morgan fingerprint density at radius 2 is 1.93 bits per heavy atom. The fourth-order valence-electron chi connectivity index (χ4n) is 3.14. The topological polar surface area (TPSA) is 96.3 Å². The van der Waals surface area contributed by atoms with Crippen LogP contribution in [-0.4, -0.2) is 51.5 Å². The average molecular weight is 401 g/mol. The van der Waals surface area contributed by atoms with Crippen molar-refractivity contribution < 1.29 is 18.8 Å². The molecular formula is C20H24FN5O3. The highest BCUT2D eigenvalue weighted by molar-refractivity contribution is 6.01. The number of amides is 3. The van der Waals surface area contributed by atoms with Crippen molar-refractivity contribution >= 4 is 17.7 Å². The smallest absolute Gasteiger partial charge is 0.272 e. The van der Waals surface area contributed by atoms with Crippen LogP contribution in [0.2, 0.25) is 0 Å². The first-order valence-electron chi connectivity index (χ1n) is 9.43. The molecule has 1 aromatic carbocycles. The molecule has 0 saturated carbocycles. The lowest BCUT2D eigenvalue weighted by Crippen LogP contribution is -2.62. The Balaban J connectivity index is 1.77. The van der Waals surface area contributed by atoms with Gasteiger partial charge >= 0.3 is 0 Å². The van der Waals surface area contributed by atoms with Crippen molar-refractivity contribution in [1.29, 1.82) is 0 Å². The second kappa shape index (κ2) is 8.02. The molecule has 0 bridgehead atoms. The molecule has 1 aliphatic rings. The first-order chi connectivity index (χ1) is 13.8. The minimum absolute atomic E-state index is 0.112. The molecule has 0 saturated heterocycles. The number of halogens is 1. The van der Waals surface area contributed by atoms with Crippen molar-refractivity contribution in [1.82, 2.24) is 25.3 Å². The number of benzene rings is 1. The van der Waals surface area contributed by atoms with Gasteiger partial charge in [-0.15, -0.1) is 0 Å². The number of hydrogen-bond acceptors (Lipinski definition) is 4. The highest BCUT2D eigenvalue weighted by atomic mass is 19.1. The maximum atomic E-state index is 13.0. The quantitative estimate of drug-likeness (QED) is 0.763. The van der Waals surface area contributed by atoms with E-state index in [4.69, 9.17) is 0 Å². The van der Waals surface area contributed by atoms with Crippen LogP contribution in [0, 0.1) is 5.82 Å². The molecule has 9 heteroatoms. The molecular weight excluding hydrogens is 377 g/mol. The monoisotopic (exact) mass is 401 g/mol. The van der Waals surface area contributed by atoms with Gasteiger partial charge < -0.3 is 15.5 Å². The number of carbonyl (C=O) groups excluding carboxylic acids is 3. The highest BCUT2D eigenvalue weighted by Crippen LogP contribution is 2.26. The maximum absolute atomic E-state index is 13.0. The SMILES string of the molecule is CCCNC(=O)c1cc2n(n1)C[C@@](C)(C(=O)NCc1ccc(F)cc1)N(C)C2=O. The molecule has 0 spiro atoms. The minimum Gasteiger partial charge on any atom is -0.351 e. The zero-order valence-electron chi connectivity index (χ0n) is 16.7. The van der Waals surface area contributed by atoms with Gasteiger partial charge in [0.15, 0.2) is 5.69 Å². The van der Waals surface area contributed by atoms with Gasteiger partial charge in [-0.3, -0.25) is 19.1 Å². The van der Waals surface area contributed by atoms with Crippen LogP contribution in [-0.2, 0) is 17.9 Å². The van der Waals surface area contributed by atoms with Crippen LogP contribution in [0.5, 0.6) is 0 Å². The number of nitrogens with one attached hydrogen (secondary N) is 2. The zero-order chi connectivity index (χ0) is 21.2. The predicted molar refractivity (Wildman–Crippen MR) is 104 cm³/mol. The Morgan fingerprint density at radius 1 is 1.24 bits per heavy atom. The molecule has 29 heavy (non-hydrogen) atoms. The molecule has 1 aromatic heterocycles. The highest BCUT2D eigenvalue weighted by Gasteiger charge is 2.46. The fraction of sp³-hybridized carbons (Fsp3) is 0.400. The summed E-state index contributed by atoms with van der Waals surface area (Å²) in [6.45, 7) is 4.41. The Hall–Kier alpha value is -3.23. The number of carbonyl (C=O) groups is 3. The average Bonchev–Trinajstić information content (AvgIpc) is 3.13. The third kappa shape index (κ3) is 3.98. The molecule has 0 fully saturated rings. The van der Waals surface area contributed by atoms with Crippen LogP contribution >= 0.6 is 0 Å². The van der Waals surface area contributed by atoms with Gasteiger partial charge in [-0.1, -0.05) is 19.1 Å². The summed E-state index contributed by atoms with van der Waals surface area (Å²) in [5.41, 5.74) is -0.0419. The molecule has 0 aliphatic carbocycles. The van der Waals surface area contributed by atoms with E-state index in [1.165, 1.54) is 27.8 Å². The van der Waals surface area contributed by atoms with Gasteiger partial charge in [0, 0.05) is 26.2 Å². The van der Waals surface area contributed by atoms with Crippen molar-refractivity contribution in [2.75, 3.05) is 13.6 Å². The summed E-state index contributed by atoms with van der Waals surface area (Å²) < 4.78 is 14.4. The van der Waals surface area contributed by atoms with Gasteiger partial charge in [-0.25, -0.2) is 4.39 Å². The molecule has 1 atom stereocenters. The van der Waals surface area contributed by atoms with E-state index in [0.717, 1.165) is 12.0 Å². The first kappa shape index (κ1) is 20.5. The number of aromatic nitrogens is 2. The van der Waals surface area contributed by atoms with E-state index >= 15 is 0 Å². The van der Waals surface area contributed by atoms with Crippen LogP contribution in [0.15, 0.2) is 30.3 Å². The van der Waals surface area contributed by atoms with Gasteiger partial charge in [0.25, 0.3) is 11.8 Å². The van der Waals surface area contributed by atoms with Crippen LogP contribution in [0.4, 0.5) is 4.39 Å². The second-order valence-corrected chi connectivity index (χ2v) is 7.28. The van der Waals surface area contributed by atoms with Gasteiger partial charge in [0.1, 0.15) is 17.1 Å². The lowest BCUT2D eigenvalue weighted by molar-refractivity contribution is -0.132. The van der Waals surface area contributed by atoms with E-state index in [0.29, 0.717) is 6.54 Å². The summed E-state index contributed by atoms with van der Waals surface area (Å²) in [5, 5.41) is 9.75. The number of fused-ring (bicyclic) bond motifs is 1. The van der Waals surface area contributed by atoms with Crippen molar-refractivity contribution in [3.63, 3.8) is 0 Å². The van der Waals surface area contributed by atoms with Crippen molar-refractivity contribution in [3.05, 3.63) is 53.1 Å². The van der Waals surface area contributed by atoms with E-state index in [-0.39, 0.29) is 42.1 Å². The van der Waals surface area contributed by atoms with Crippen molar-refractivity contribution in [2.24, 2.45) is 0 Å². The third-order valence-electron chi connectivity index (χ3n) is 5.13. The molecule has 0 unspecified atom stereocenters. The summed E-state index contributed by atoms with van der Waals surface area (Å²) >= 11 is 0. The van der Waals surface area contributed by atoms with Crippen molar-refractivity contribution in [3.8, 4) is 0 Å². The van der Waals surface area contributed by atoms with E-state index in [1.807, 2.05) is 6.92 Å². The molecule has 2 aromatic rings. The lowest BCUT2D eigenvalue weighted by Gasteiger charge is -2.40. The number of nitrogens with zero attached hydrogens (tertiary/aromatic N) is 3. The lowest BCUT2D eigenvalue weighted by atomic mass is 9.96. The molecule has 3 amide bonds. The largest absolute Gasteiger partial charge is 0.351 e. The summed E-state index contributed by atoms with van der Waals surface area (Å²) in [6.07, 6.45) is 0.785. The molecule has 1 aliphatic heterocycles. The third-order valence-corrected chi connectivity index (χ3v) is 5.13. The van der Waals surface area contributed by atoms with E-state index in [2.05, 4.69) is 15.7 Å². The van der Waals surface area contributed by atoms with Crippen molar-refractivity contribution in [2.45, 2.75) is 38.9 Å². The summed E-state index contributed by atoms with van der Waals surface area (Å²) in [5.74, 6) is -1.46. The normalized spacial score (nSPS) is 18.3. The summed E-state index contributed by atoms with van der Waals surface area (Å²) in [4.78, 5) is 39.2. The van der Waals surface area contributed by atoms with E-state index in [1.54, 1.807) is 26.1 Å². The van der Waals surface area contributed by atoms with Gasteiger partial charge in [-0.05, 0) is 31.0 Å². The zero-order valence-corrected chi connectivity index (χ0v) is 16.7. The maximum Gasteiger partial charge on any atom is 0.272 e. The Labute approximate surface area is 168 Å². The molecule has 0 radical (unpaired) electrons. The standard InChI is InChI=1S/C20H24FN5O3/c1-4-9-22-17(27)15-10-16-18(28)25(3)20(2,12-26(16)24-15)19(29)23-11-13-5-7-14(21)8-6-13/h5-8,10H,4,9,11-12H2,1-3H3,(H,22,27)(H,23,29)/t20-/m0/s1. The summed E-state index contributed by atoms with van der Waals surface area (Å²) in [7, 11) is 1.55. The predicted octanol–water partition coefficient (Wildman–Crippen LogP) is 1.32. The first-order valence-corrected chi connectivity index (χ1v) is 9.43. The van der Waals surface area contributed by atoms with Gasteiger partial charge in [0.2, 0.25) is 5.91 Å². The molecule has 2 N–H and O–H groups in total. The van der Waals surface area contributed by atoms with Crippen LogP contribution < -0.4 is 10.6 Å². The summed E-state index contributed by atoms with van der Waals surface area (Å²) in [6, 6.07) is 7.25. The Morgan fingerprint density at radius 3 is 2.59 bits per heavy atom. The number of likely N-dealkylation sites (N-methyl/N-ethyl adjacent to an activating group) is 1. The van der Waals surface area contributed by atoms with Gasteiger partial charge in [0.05, 0.1) is 6.54 Å². The minimum atomic E-state index is -1.19. The Kier molecular flexibility index (Phi) is 5.67.